The third-order valence-electron chi connectivity index (χ3n) is 5.83. The predicted molar refractivity (Wildman–Crippen MR) is 121 cm³/mol. The topological polar surface area (TPSA) is 78.8 Å². The van der Waals surface area contributed by atoms with Gasteiger partial charge < -0.3 is 20.3 Å². The Morgan fingerprint density at radius 1 is 1.12 bits per heavy atom. The molecule has 2 atom stereocenters. The molecule has 0 aliphatic carbocycles. The van der Waals surface area contributed by atoms with E-state index >= 15 is 0 Å². The largest absolute Gasteiger partial charge is 0.489 e. The third-order valence-corrected chi connectivity index (χ3v) is 5.83. The van der Waals surface area contributed by atoms with Crippen LogP contribution in [0.15, 0.2) is 60.7 Å². The Kier molecular flexibility index (Phi) is 6.53. The lowest BCUT2D eigenvalue weighted by molar-refractivity contribution is 0.0697. The Hall–Kier alpha value is -3.22. The number of aliphatic hydroxyl groups excluding tert-OH is 1. The van der Waals surface area contributed by atoms with Crippen molar-refractivity contribution >= 4 is 5.97 Å². The second kappa shape index (κ2) is 9.51. The van der Waals surface area contributed by atoms with Crippen molar-refractivity contribution in [3.05, 3.63) is 88.7 Å². The molecule has 4 rings (SSSR count). The summed E-state index contributed by atoms with van der Waals surface area (Å²) in [6.45, 7) is 2.65. The number of hydrogen-bond donors (Lipinski definition) is 3. The highest BCUT2D eigenvalue weighted by Gasteiger charge is 2.20. The van der Waals surface area contributed by atoms with E-state index < -0.39 is 12.1 Å². The molecule has 3 N–H and O–H groups in total. The Morgan fingerprint density at radius 3 is 2.59 bits per heavy atom. The fourth-order valence-corrected chi connectivity index (χ4v) is 3.95. The van der Waals surface area contributed by atoms with Gasteiger partial charge >= 0.3 is 5.97 Å². The van der Waals surface area contributed by atoms with Crippen LogP contribution in [0.25, 0.3) is 11.1 Å². The van der Waals surface area contributed by atoms with Crippen molar-refractivity contribution in [3.8, 4) is 16.9 Å². The van der Waals surface area contributed by atoms with Crippen molar-refractivity contribution in [2.45, 2.75) is 32.0 Å². The minimum atomic E-state index is -0.935. The quantitative estimate of drug-likeness (QED) is 0.509. The van der Waals surface area contributed by atoms with Crippen molar-refractivity contribution in [3.63, 3.8) is 0 Å². The highest BCUT2D eigenvalue weighted by molar-refractivity contribution is 5.88. The Labute approximate surface area is 186 Å². The minimum absolute atomic E-state index is 0.00496. The fourth-order valence-electron chi connectivity index (χ4n) is 3.95. The molecule has 0 radical (unpaired) electrons. The van der Waals surface area contributed by atoms with Crippen LogP contribution in [0.1, 0.15) is 39.6 Å². The van der Waals surface area contributed by atoms with Crippen molar-refractivity contribution in [2.24, 2.45) is 0 Å². The van der Waals surface area contributed by atoms with E-state index in [4.69, 9.17) is 9.84 Å². The van der Waals surface area contributed by atoms with Crippen LogP contribution in [0.2, 0.25) is 0 Å². The zero-order chi connectivity index (χ0) is 22.7. The number of carboxylic acids is 1. The maximum Gasteiger partial charge on any atom is 0.335 e. The van der Waals surface area contributed by atoms with E-state index in [-0.39, 0.29) is 17.5 Å². The van der Waals surface area contributed by atoms with Gasteiger partial charge in [-0.1, -0.05) is 30.3 Å². The highest BCUT2D eigenvalue weighted by atomic mass is 19.1. The van der Waals surface area contributed by atoms with Crippen LogP contribution in [-0.2, 0) is 6.42 Å². The number of fused-ring (bicyclic) bond motifs is 1. The van der Waals surface area contributed by atoms with Gasteiger partial charge in [0.1, 0.15) is 17.7 Å². The molecule has 3 aromatic carbocycles. The van der Waals surface area contributed by atoms with Crippen LogP contribution < -0.4 is 10.1 Å². The van der Waals surface area contributed by atoms with E-state index in [2.05, 4.69) is 11.4 Å². The Morgan fingerprint density at radius 2 is 1.88 bits per heavy atom. The molecule has 0 amide bonds. The van der Waals surface area contributed by atoms with Gasteiger partial charge in [0.25, 0.3) is 0 Å². The second-order valence-corrected chi connectivity index (χ2v) is 8.17. The lowest BCUT2D eigenvalue weighted by Gasteiger charge is -2.27. The van der Waals surface area contributed by atoms with Gasteiger partial charge in [-0.3, -0.25) is 0 Å². The third kappa shape index (κ3) is 4.98. The molecule has 6 heteroatoms. The van der Waals surface area contributed by atoms with Gasteiger partial charge in [0, 0.05) is 13.1 Å². The molecule has 1 aliphatic rings. The number of rotatable bonds is 7. The number of aryl methyl sites for hydroxylation is 2. The average Bonchev–Trinajstić information content (AvgIpc) is 2.80. The molecule has 1 heterocycles. The van der Waals surface area contributed by atoms with Crippen LogP contribution >= 0.6 is 0 Å². The number of halogens is 1. The van der Waals surface area contributed by atoms with Crippen molar-refractivity contribution in [2.75, 3.05) is 13.1 Å². The number of aromatic carboxylic acids is 1. The molecular formula is C26H26FNO4. The van der Waals surface area contributed by atoms with E-state index in [1.165, 1.54) is 6.07 Å². The Balaban J connectivity index is 1.32. The summed E-state index contributed by atoms with van der Waals surface area (Å²) in [6, 6.07) is 17.5. The lowest BCUT2D eigenvalue weighted by atomic mass is 9.96. The van der Waals surface area contributed by atoms with Gasteiger partial charge in [-0.25, -0.2) is 9.18 Å². The highest BCUT2D eigenvalue weighted by Crippen LogP contribution is 2.32. The smallest absolute Gasteiger partial charge is 0.335 e. The SMILES string of the molecule is Cc1cc(C(O)CNCC2CCc3cc(-c4ccc(C(=O)O)cc4)ccc3O2)ccc1F. The van der Waals surface area contributed by atoms with Gasteiger partial charge in [0.2, 0.25) is 0 Å². The molecule has 3 aromatic rings. The van der Waals surface area contributed by atoms with Gasteiger partial charge in [-0.05, 0) is 77.9 Å². The molecule has 32 heavy (non-hydrogen) atoms. The first-order valence-corrected chi connectivity index (χ1v) is 10.7. The monoisotopic (exact) mass is 435 g/mol. The maximum absolute atomic E-state index is 13.4. The summed E-state index contributed by atoms with van der Waals surface area (Å²) < 4.78 is 19.5. The summed E-state index contributed by atoms with van der Waals surface area (Å²) in [5.74, 6) is -0.359. The molecule has 0 aromatic heterocycles. The number of aliphatic hydroxyl groups is 1. The summed E-state index contributed by atoms with van der Waals surface area (Å²) >= 11 is 0. The molecule has 5 nitrogen and oxygen atoms in total. The zero-order valence-electron chi connectivity index (χ0n) is 17.8. The van der Waals surface area contributed by atoms with Gasteiger partial charge in [0.05, 0.1) is 11.7 Å². The van der Waals surface area contributed by atoms with Crippen LogP contribution in [0, 0.1) is 12.7 Å². The first-order valence-electron chi connectivity index (χ1n) is 10.7. The molecule has 0 spiro atoms. The fraction of sp³-hybridized carbons (Fsp3) is 0.269. The lowest BCUT2D eigenvalue weighted by Crippen LogP contribution is -2.36. The summed E-state index contributed by atoms with van der Waals surface area (Å²) in [5, 5.41) is 22.7. The van der Waals surface area contributed by atoms with Crippen molar-refractivity contribution < 1.29 is 24.1 Å². The normalized spacial score (nSPS) is 16.2. The van der Waals surface area contributed by atoms with E-state index in [1.54, 1.807) is 31.2 Å². The molecule has 2 unspecified atom stereocenters. The van der Waals surface area contributed by atoms with E-state index in [1.807, 2.05) is 24.3 Å². The van der Waals surface area contributed by atoms with E-state index in [0.717, 1.165) is 35.3 Å². The Bertz CT molecular complexity index is 1110. The molecule has 0 saturated heterocycles. The summed E-state index contributed by atoms with van der Waals surface area (Å²) in [5.41, 5.74) is 4.60. The van der Waals surface area contributed by atoms with Crippen LogP contribution in [0.3, 0.4) is 0 Å². The van der Waals surface area contributed by atoms with Crippen molar-refractivity contribution in [1.82, 2.24) is 5.32 Å². The number of carboxylic acid groups (broad SMARTS) is 1. The van der Waals surface area contributed by atoms with E-state index in [9.17, 15) is 14.3 Å². The average molecular weight is 435 g/mol. The summed E-state index contributed by atoms with van der Waals surface area (Å²) in [7, 11) is 0. The maximum atomic E-state index is 13.4. The molecule has 0 saturated carbocycles. The predicted octanol–water partition coefficient (Wildman–Crippen LogP) is 4.52. The summed E-state index contributed by atoms with van der Waals surface area (Å²) in [4.78, 5) is 11.0. The van der Waals surface area contributed by atoms with Gasteiger partial charge in [0.15, 0.2) is 0 Å². The zero-order valence-corrected chi connectivity index (χ0v) is 17.8. The van der Waals surface area contributed by atoms with Gasteiger partial charge in [-0.15, -0.1) is 0 Å². The van der Waals surface area contributed by atoms with Crippen LogP contribution in [-0.4, -0.2) is 35.4 Å². The summed E-state index contributed by atoms with van der Waals surface area (Å²) in [6.07, 6.45) is 1.03. The van der Waals surface area contributed by atoms with Gasteiger partial charge in [-0.2, -0.15) is 0 Å². The number of carbonyl (C=O) groups is 1. The van der Waals surface area contributed by atoms with Crippen LogP contribution in [0.5, 0.6) is 5.75 Å². The van der Waals surface area contributed by atoms with Crippen LogP contribution in [0.4, 0.5) is 4.39 Å². The standard InChI is InChI=1S/C26H26FNO4/c1-16-12-20(7-10-23(16)27)24(29)15-28-14-22-9-6-21-13-19(8-11-25(21)32-22)17-2-4-18(5-3-17)26(30)31/h2-5,7-8,10-13,22,24,28-29H,6,9,14-15H2,1H3,(H,30,31). The van der Waals surface area contributed by atoms with E-state index in [0.29, 0.717) is 24.2 Å². The molecule has 166 valence electrons. The molecule has 0 fully saturated rings. The number of ether oxygens (including phenoxy) is 1. The second-order valence-electron chi connectivity index (χ2n) is 8.17. The molecular weight excluding hydrogens is 409 g/mol. The van der Waals surface area contributed by atoms with Crippen molar-refractivity contribution in [1.29, 1.82) is 0 Å². The number of benzene rings is 3. The molecule has 0 bridgehead atoms. The minimum Gasteiger partial charge on any atom is -0.489 e. The first-order chi connectivity index (χ1) is 15.4. The molecule has 1 aliphatic heterocycles. The first kappa shape index (κ1) is 22.0. The number of nitrogens with one attached hydrogen (secondary N) is 1. The number of hydrogen-bond acceptors (Lipinski definition) is 4.